The fourth-order valence-corrected chi connectivity index (χ4v) is 2.56. The first-order chi connectivity index (χ1) is 12.0. The minimum atomic E-state index is -0.699. The van der Waals surface area contributed by atoms with Gasteiger partial charge in [0.25, 0.3) is 0 Å². The van der Waals surface area contributed by atoms with Crippen LogP contribution in [-0.2, 0) is 16.0 Å². The van der Waals surface area contributed by atoms with Crippen molar-refractivity contribution in [3.63, 3.8) is 0 Å². The topological polar surface area (TPSA) is 94.6 Å². The Labute approximate surface area is 146 Å². The van der Waals surface area contributed by atoms with Gasteiger partial charge in [0.2, 0.25) is 0 Å². The molecule has 0 amide bonds. The molecule has 0 bridgehead atoms. The highest BCUT2D eigenvalue weighted by Gasteiger charge is 2.17. The van der Waals surface area contributed by atoms with E-state index in [2.05, 4.69) is 10.8 Å². The summed E-state index contributed by atoms with van der Waals surface area (Å²) in [5.41, 5.74) is 8.78. The average Bonchev–Trinajstić information content (AvgIpc) is 2.66. The number of carbonyl (C=O) groups is 1. The molecule has 6 nitrogen and oxygen atoms in total. The summed E-state index contributed by atoms with van der Waals surface area (Å²) in [7, 11) is 4.40. The summed E-state index contributed by atoms with van der Waals surface area (Å²) in [6.45, 7) is 0. The summed E-state index contributed by atoms with van der Waals surface area (Å²) in [5, 5.41) is 9.11. The second kappa shape index (κ2) is 8.18. The number of esters is 1. The maximum absolute atomic E-state index is 11.4. The van der Waals surface area contributed by atoms with Crippen molar-refractivity contribution in [2.45, 2.75) is 12.5 Å². The van der Waals surface area contributed by atoms with Crippen LogP contribution < -0.4 is 15.2 Å². The fraction of sp³-hybridized carbons (Fsp3) is 0.263. The predicted octanol–water partition coefficient (Wildman–Crippen LogP) is 2.29. The van der Waals surface area contributed by atoms with Crippen molar-refractivity contribution in [3.8, 4) is 28.7 Å². The molecule has 1 atom stereocenters. The van der Waals surface area contributed by atoms with Gasteiger partial charge in [-0.05, 0) is 29.7 Å². The van der Waals surface area contributed by atoms with Gasteiger partial charge in [0.15, 0.2) is 0 Å². The van der Waals surface area contributed by atoms with Crippen LogP contribution in [0.3, 0.4) is 0 Å². The van der Waals surface area contributed by atoms with Gasteiger partial charge < -0.3 is 19.9 Å². The Morgan fingerprint density at radius 2 is 1.68 bits per heavy atom. The summed E-state index contributed by atoms with van der Waals surface area (Å²) in [6, 6.07) is 12.3. The van der Waals surface area contributed by atoms with E-state index in [1.54, 1.807) is 26.4 Å². The molecule has 0 unspecified atom stereocenters. The zero-order valence-corrected chi connectivity index (χ0v) is 14.4. The molecule has 2 N–H and O–H groups in total. The number of nitrogens with zero attached hydrogens (tertiary/aromatic N) is 1. The third-order valence-electron chi connectivity index (χ3n) is 3.84. The molecular weight excluding hydrogens is 320 g/mol. The molecule has 2 aromatic carbocycles. The van der Waals surface area contributed by atoms with E-state index < -0.39 is 12.0 Å². The van der Waals surface area contributed by atoms with Crippen LogP contribution in [0.5, 0.6) is 11.5 Å². The Kier molecular flexibility index (Phi) is 5.98. The molecule has 0 saturated heterocycles. The van der Waals surface area contributed by atoms with Gasteiger partial charge in [-0.1, -0.05) is 24.3 Å². The molecule has 0 aliphatic heterocycles. The summed E-state index contributed by atoms with van der Waals surface area (Å²) in [6.07, 6.45) is 0.384. The number of ether oxygens (including phenoxy) is 3. The van der Waals surface area contributed by atoms with Crippen LogP contribution in [0.25, 0.3) is 11.1 Å². The lowest BCUT2D eigenvalue weighted by atomic mass is 9.98. The molecule has 2 aromatic rings. The number of hydrogen-bond acceptors (Lipinski definition) is 6. The molecule has 0 aromatic heterocycles. The van der Waals surface area contributed by atoms with Crippen molar-refractivity contribution in [1.29, 1.82) is 5.26 Å². The van der Waals surface area contributed by atoms with Gasteiger partial charge in [0.1, 0.15) is 17.5 Å². The molecular formula is C19H20N2O4. The number of nitrogens with two attached hydrogens (primary N) is 1. The van der Waals surface area contributed by atoms with Gasteiger partial charge in [-0.3, -0.25) is 4.79 Å². The van der Waals surface area contributed by atoms with E-state index in [0.717, 1.165) is 16.7 Å². The van der Waals surface area contributed by atoms with E-state index in [9.17, 15) is 4.79 Å². The Morgan fingerprint density at radius 1 is 1.12 bits per heavy atom. The number of methoxy groups -OCH3 is 3. The SMILES string of the molecule is COC(=O)[C@@H](N)Cc1ccc(-c2c(OC)cc(C#N)cc2OC)cc1. The third-order valence-corrected chi connectivity index (χ3v) is 3.84. The summed E-state index contributed by atoms with van der Waals surface area (Å²) < 4.78 is 15.5. The quantitative estimate of drug-likeness (QED) is 0.811. The average molecular weight is 340 g/mol. The lowest BCUT2D eigenvalue weighted by Crippen LogP contribution is -2.33. The Morgan fingerprint density at radius 3 is 2.12 bits per heavy atom. The molecule has 0 heterocycles. The molecule has 25 heavy (non-hydrogen) atoms. The monoisotopic (exact) mass is 340 g/mol. The van der Waals surface area contributed by atoms with Crippen LogP contribution in [0.2, 0.25) is 0 Å². The molecule has 0 spiro atoms. The van der Waals surface area contributed by atoms with E-state index in [4.69, 9.17) is 20.5 Å². The van der Waals surface area contributed by atoms with Crippen LogP contribution in [0.1, 0.15) is 11.1 Å². The first-order valence-corrected chi connectivity index (χ1v) is 7.62. The lowest BCUT2D eigenvalue weighted by molar-refractivity contribution is -0.142. The Bertz CT molecular complexity index is 769. The van der Waals surface area contributed by atoms with Crippen LogP contribution >= 0.6 is 0 Å². The first-order valence-electron chi connectivity index (χ1n) is 7.62. The maximum Gasteiger partial charge on any atom is 0.322 e. The lowest BCUT2D eigenvalue weighted by Gasteiger charge is -2.15. The van der Waals surface area contributed by atoms with Gasteiger partial charge in [0.05, 0.1) is 38.5 Å². The van der Waals surface area contributed by atoms with Crippen LogP contribution in [0, 0.1) is 11.3 Å². The summed E-state index contributed by atoms with van der Waals surface area (Å²) in [5.74, 6) is 0.657. The number of rotatable bonds is 6. The predicted molar refractivity (Wildman–Crippen MR) is 93.4 cm³/mol. The highest BCUT2D eigenvalue weighted by molar-refractivity contribution is 5.79. The normalized spacial score (nSPS) is 11.3. The van der Waals surface area contributed by atoms with Crippen molar-refractivity contribution in [2.24, 2.45) is 5.73 Å². The number of benzene rings is 2. The molecule has 0 radical (unpaired) electrons. The molecule has 6 heteroatoms. The van der Waals surface area contributed by atoms with Crippen LogP contribution in [0.15, 0.2) is 36.4 Å². The zero-order chi connectivity index (χ0) is 18.4. The van der Waals surface area contributed by atoms with Crippen LogP contribution in [0.4, 0.5) is 0 Å². The summed E-state index contributed by atoms with van der Waals surface area (Å²) >= 11 is 0. The van der Waals surface area contributed by atoms with E-state index in [-0.39, 0.29) is 0 Å². The standard InChI is InChI=1S/C19H20N2O4/c1-23-16-9-13(11-20)10-17(24-2)18(16)14-6-4-12(5-7-14)8-15(21)19(22)25-3/h4-7,9-10,15H,8,21H2,1-3H3/t15-/m0/s1. The highest BCUT2D eigenvalue weighted by Crippen LogP contribution is 2.39. The van der Waals surface area contributed by atoms with Crippen molar-refractivity contribution in [1.82, 2.24) is 0 Å². The summed E-state index contributed by atoms with van der Waals surface area (Å²) in [4.78, 5) is 11.4. The molecule has 0 aliphatic carbocycles. The molecule has 0 aliphatic rings. The van der Waals surface area contributed by atoms with E-state index in [1.165, 1.54) is 7.11 Å². The Hall–Kier alpha value is -3.04. The second-order valence-corrected chi connectivity index (χ2v) is 5.40. The molecule has 0 saturated carbocycles. The van der Waals surface area contributed by atoms with Crippen molar-refractivity contribution >= 4 is 5.97 Å². The minimum absolute atomic E-state index is 0.384. The molecule has 130 valence electrons. The van der Waals surface area contributed by atoms with Crippen molar-refractivity contribution in [3.05, 3.63) is 47.5 Å². The number of hydrogen-bond donors (Lipinski definition) is 1. The number of carbonyl (C=O) groups excluding carboxylic acids is 1. The second-order valence-electron chi connectivity index (χ2n) is 5.40. The third kappa shape index (κ3) is 4.08. The van der Waals surface area contributed by atoms with Gasteiger partial charge in [-0.2, -0.15) is 5.26 Å². The first kappa shape index (κ1) is 18.3. The van der Waals surface area contributed by atoms with Gasteiger partial charge in [-0.15, -0.1) is 0 Å². The van der Waals surface area contributed by atoms with Gasteiger partial charge >= 0.3 is 5.97 Å². The van der Waals surface area contributed by atoms with Gasteiger partial charge in [-0.25, -0.2) is 0 Å². The molecule has 2 rings (SSSR count). The maximum atomic E-state index is 11.4. The van der Waals surface area contributed by atoms with Crippen molar-refractivity contribution in [2.75, 3.05) is 21.3 Å². The van der Waals surface area contributed by atoms with E-state index >= 15 is 0 Å². The highest BCUT2D eigenvalue weighted by atomic mass is 16.5. The largest absolute Gasteiger partial charge is 0.496 e. The van der Waals surface area contributed by atoms with Crippen LogP contribution in [-0.4, -0.2) is 33.3 Å². The van der Waals surface area contributed by atoms with Gasteiger partial charge in [0, 0.05) is 0 Å². The van der Waals surface area contributed by atoms with E-state index in [0.29, 0.717) is 23.5 Å². The smallest absolute Gasteiger partial charge is 0.322 e. The molecule has 0 fully saturated rings. The van der Waals surface area contributed by atoms with E-state index in [1.807, 2.05) is 24.3 Å². The van der Waals surface area contributed by atoms with Crippen molar-refractivity contribution < 1.29 is 19.0 Å². The minimum Gasteiger partial charge on any atom is -0.496 e. The Balaban J connectivity index is 2.37. The zero-order valence-electron chi connectivity index (χ0n) is 14.4. The number of nitriles is 1. The fourth-order valence-electron chi connectivity index (χ4n) is 2.56.